The molecule has 0 radical (unpaired) electrons. The van der Waals surface area contributed by atoms with Crippen molar-refractivity contribution >= 4 is 5.82 Å². The third-order valence-corrected chi connectivity index (χ3v) is 3.79. The number of hydrogen-bond donors (Lipinski definition) is 2. The van der Waals surface area contributed by atoms with Gasteiger partial charge in [-0.3, -0.25) is 0 Å². The maximum absolute atomic E-state index is 9.44. The molecule has 1 aliphatic rings. The molecule has 1 aliphatic heterocycles. The lowest BCUT2D eigenvalue weighted by Crippen LogP contribution is -2.35. The van der Waals surface area contributed by atoms with Gasteiger partial charge < -0.3 is 15.3 Å². The van der Waals surface area contributed by atoms with Crippen LogP contribution in [0.15, 0.2) is 12.3 Å². The molecule has 1 fully saturated rings. The molecule has 1 atom stereocenters. The van der Waals surface area contributed by atoms with Gasteiger partial charge in [-0.2, -0.15) is 0 Å². The summed E-state index contributed by atoms with van der Waals surface area (Å²) in [5, 5.41) is 12.9. The summed E-state index contributed by atoms with van der Waals surface area (Å²) in [4.78, 5) is 6.88. The second-order valence-corrected chi connectivity index (χ2v) is 6.76. The Labute approximate surface area is 122 Å². The van der Waals surface area contributed by atoms with Crippen LogP contribution < -0.4 is 10.2 Å². The van der Waals surface area contributed by atoms with Crippen molar-refractivity contribution in [3.63, 3.8) is 0 Å². The first-order valence-corrected chi connectivity index (χ1v) is 7.49. The number of aliphatic hydroxyl groups is 1. The molecule has 0 aromatic carbocycles. The summed E-state index contributed by atoms with van der Waals surface area (Å²) in [5.74, 6) is 1.03. The third-order valence-electron chi connectivity index (χ3n) is 3.79. The first-order chi connectivity index (χ1) is 9.40. The van der Waals surface area contributed by atoms with Crippen LogP contribution in [-0.2, 0) is 6.54 Å². The minimum absolute atomic E-state index is 0.115. The first kappa shape index (κ1) is 15.3. The number of rotatable bonds is 4. The van der Waals surface area contributed by atoms with Crippen molar-refractivity contribution < 1.29 is 5.11 Å². The van der Waals surface area contributed by atoms with Crippen molar-refractivity contribution in [3.05, 3.63) is 23.4 Å². The Morgan fingerprint density at radius 1 is 1.45 bits per heavy atom. The van der Waals surface area contributed by atoms with Crippen LogP contribution in [0, 0.1) is 6.92 Å². The molecular weight excluding hydrogens is 250 g/mol. The highest BCUT2D eigenvalue weighted by atomic mass is 16.3. The molecule has 1 aromatic rings. The summed E-state index contributed by atoms with van der Waals surface area (Å²) < 4.78 is 0. The lowest BCUT2D eigenvalue weighted by Gasteiger charge is -2.26. The van der Waals surface area contributed by atoms with E-state index in [1.165, 1.54) is 11.1 Å². The summed E-state index contributed by atoms with van der Waals surface area (Å²) in [6.07, 6.45) is 4.15. The maximum Gasteiger partial charge on any atom is 0.131 e. The van der Waals surface area contributed by atoms with Crippen LogP contribution in [0.1, 0.15) is 44.7 Å². The molecule has 0 bridgehead atoms. The number of aromatic nitrogens is 1. The second-order valence-electron chi connectivity index (χ2n) is 6.76. The molecule has 2 heterocycles. The zero-order valence-corrected chi connectivity index (χ0v) is 13.1. The molecule has 2 N–H and O–H groups in total. The summed E-state index contributed by atoms with van der Waals surface area (Å²) in [5.41, 5.74) is 2.52. The van der Waals surface area contributed by atoms with E-state index in [1.807, 2.05) is 6.20 Å². The van der Waals surface area contributed by atoms with E-state index in [4.69, 9.17) is 0 Å². The number of pyridine rings is 1. The van der Waals surface area contributed by atoms with Gasteiger partial charge in [0, 0.05) is 24.8 Å². The number of nitrogens with one attached hydrogen (secondary N) is 1. The van der Waals surface area contributed by atoms with Gasteiger partial charge >= 0.3 is 0 Å². The van der Waals surface area contributed by atoms with E-state index in [0.29, 0.717) is 0 Å². The highest BCUT2D eigenvalue weighted by Crippen LogP contribution is 2.26. The van der Waals surface area contributed by atoms with Gasteiger partial charge in [0.15, 0.2) is 0 Å². The van der Waals surface area contributed by atoms with Crippen LogP contribution in [0.2, 0.25) is 0 Å². The van der Waals surface area contributed by atoms with Crippen molar-refractivity contribution in [2.24, 2.45) is 0 Å². The van der Waals surface area contributed by atoms with E-state index < -0.39 is 0 Å². The van der Waals surface area contributed by atoms with E-state index in [1.54, 1.807) is 0 Å². The predicted molar refractivity (Wildman–Crippen MR) is 83.0 cm³/mol. The van der Waals surface area contributed by atoms with Gasteiger partial charge in [-0.1, -0.05) is 0 Å². The molecule has 0 aliphatic carbocycles. The van der Waals surface area contributed by atoms with Gasteiger partial charge in [-0.15, -0.1) is 0 Å². The van der Waals surface area contributed by atoms with Crippen molar-refractivity contribution in [3.8, 4) is 0 Å². The van der Waals surface area contributed by atoms with Gasteiger partial charge in [-0.25, -0.2) is 4.98 Å². The second kappa shape index (κ2) is 6.10. The molecule has 0 spiro atoms. The quantitative estimate of drug-likeness (QED) is 0.886. The largest absolute Gasteiger partial charge is 0.394 e. The van der Waals surface area contributed by atoms with Gasteiger partial charge in [0.2, 0.25) is 0 Å². The molecular formula is C16H27N3O. The minimum Gasteiger partial charge on any atom is -0.394 e. The first-order valence-electron chi connectivity index (χ1n) is 7.49. The zero-order chi connectivity index (χ0) is 14.8. The topological polar surface area (TPSA) is 48.4 Å². The van der Waals surface area contributed by atoms with E-state index in [0.717, 1.165) is 31.7 Å². The number of anilines is 1. The molecule has 1 aromatic heterocycles. The average Bonchev–Trinajstić information content (AvgIpc) is 2.83. The van der Waals surface area contributed by atoms with Crippen LogP contribution in [0.5, 0.6) is 0 Å². The summed E-state index contributed by atoms with van der Waals surface area (Å²) in [6, 6.07) is 2.44. The Morgan fingerprint density at radius 3 is 2.80 bits per heavy atom. The molecule has 2 rings (SSSR count). The number of hydrogen-bond acceptors (Lipinski definition) is 4. The molecule has 0 saturated carbocycles. The average molecular weight is 277 g/mol. The minimum atomic E-state index is 0.115. The fourth-order valence-electron chi connectivity index (χ4n) is 2.69. The fraction of sp³-hybridized carbons (Fsp3) is 0.688. The Bertz CT molecular complexity index is 454. The van der Waals surface area contributed by atoms with Gasteiger partial charge in [0.25, 0.3) is 0 Å². The normalized spacial score (nSPS) is 19.6. The van der Waals surface area contributed by atoms with Crippen LogP contribution in [-0.4, -0.2) is 34.8 Å². The van der Waals surface area contributed by atoms with Gasteiger partial charge in [-0.05, 0) is 57.7 Å². The number of nitrogens with zero attached hydrogens (tertiary/aromatic N) is 2. The van der Waals surface area contributed by atoms with Crippen molar-refractivity contribution in [2.45, 2.75) is 58.7 Å². The van der Waals surface area contributed by atoms with Crippen LogP contribution >= 0.6 is 0 Å². The predicted octanol–water partition coefficient (Wildman–Crippen LogP) is 2.24. The molecule has 4 heteroatoms. The molecule has 1 saturated heterocycles. The van der Waals surface area contributed by atoms with Crippen molar-refractivity contribution in [1.82, 2.24) is 10.3 Å². The fourth-order valence-corrected chi connectivity index (χ4v) is 2.69. The van der Waals surface area contributed by atoms with Crippen LogP contribution in [0.25, 0.3) is 0 Å². The van der Waals surface area contributed by atoms with E-state index in [9.17, 15) is 5.11 Å². The molecule has 1 unspecified atom stereocenters. The summed E-state index contributed by atoms with van der Waals surface area (Å²) in [7, 11) is 0. The van der Waals surface area contributed by atoms with Crippen LogP contribution in [0.4, 0.5) is 5.82 Å². The Kier molecular flexibility index (Phi) is 4.66. The molecule has 0 amide bonds. The van der Waals surface area contributed by atoms with E-state index in [-0.39, 0.29) is 18.2 Å². The monoisotopic (exact) mass is 277 g/mol. The smallest absolute Gasteiger partial charge is 0.131 e. The van der Waals surface area contributed by atoms with E-state index >= 15 is 0 Å². The SMILES string of the molecule is Cc1cc(CNC(C)(C)C)cnc1N1CCCC1CO. The number of aryl methyl sites for hydroxylation is 1. The summed E-state index contributed by atoms with van der Waals surface area (Å²) >= 11 is 0. The van der Waals surface area contributed by atoms with Gasteiger partial charge in [0.05, 0.1) is 12.6 Å². The van der Waals surface area contributed by atoms with Crippen LogP contribution in [0.3, 0.4) is 0 Å². The Balaban J connectivity index is 2.10. The summed E-state index contributed by atoms with van der Waals surface area (Å²) in [6.45, 7) is 10.6. The maximum atomic E-state index is 9.44. The Morgan fingerprint density at radius 2 is 2.20 bits per heavy atom. The Hall–Kier alpha value is -1.13. The number of aliphatic hydroxyl groups excluding tert-OH is 1. The molecule has 4 nitrogen and oxygen atoms in total. The molecule has 112 valence electrons. The lowest BCUT2D eigenvalue weighted by atomic mass is 10.1. The van der Waals surface area contributed by atoms with Crippen molar-refractivity contribution in [2.75, 3.05) is 18.1 Å². The van der Waals surface area contributed by atoms with E-state index in [2.05, 4.69) is 49.0 Å². The molecule has 20 heavy (non-hydrogen) atoms. The van der Waals surface area contributed by atoms with Crippen molar-refractivity contribution in [1.29, 1.82) is 0 Å². The standard InChI is InChI=1S/C16H27N3O/c1-12-8-13(10-18-16(2,3)4)9-17-15(12)19-7-5-6-14(19)11-20/h8-9,14,18,20H,5-7,10-11H2,1-4H3. The zero-order valence-electron chi connectivity index (χ0n) is 13.1. The highest BCUT2D eigenvalue weighted by molar-refractivity contribution is 5.49. The van der Waals surface area contributed by atoms with Gasteiger partial charge in [0.1, 0.15) is 5.82 Å². The lowest BCUT2D eigenvalue weighted by molar-refractivity contribution is 0.266. The third kappa shape index (κ3) is 3.70. The highest BCUT2D eigenvalue weighted by Gasteiger charge is 2.26.